The van der Waals surface area contributed by atoms with Gasteiger partial charge in [-0.05, 0) is 48.4 Å². The number of amides is 1. The Bertz CT molecular complexity index is 631. The van der Waals surface area contributed by atoms with Gasteiger partial charge >= 0.3 is 0 Å². The van der Waals surface area contributed by atoms with E-state index < -0.39 is 5.60 Å². The Morgan fingerprint density at radius 2 is 2.09 bits per heavy atom. The summed E-state index contributed by atoms with van der Waals surface area (Å²) >= 11 is 3.16. The maximum absolute atomic E-state index is 11.8. The van der Waals surface area contributed by atoms with Crippen LogP contribution >= 0.6 is 23.1 Å². The van der Waals surface area contributed by atoms with Crippen LogP contribution in [-0.2, 0) is 10.4 Å². The summed E-state index contributed by atoms with van der Waals surface area (Å²) in [7, 11) is 0. The molecule has 3 nitrogen and oxygen atoms in total. The summed E-state index contributed by atoms with van der Waals surface area (Å²) < 4.78 is 0. The molecule has 1 heterocycles. The summed E-state index contributed by atoms with van der Waals surface area (Å²) in [6.07, 6.45) is 5.27. The molecule has 0 saturated heterocycles. The third kappa shape index (κ3) is 4.73. The molecule has 0 unspecified atom stereocenters. The van der Waals surface area contributed by atoms with E-state index in [2.05, 4.69) is 5.32 Å². The molecule has 22 heavy (non-hydrogen) atoms. The maximum Gasteiger partial charge on any atom is 0.244 e. The lowest BCUT2D eigenvalue weighted by Gasteiger charge is -2.21. The van der Waals surface area contributed by atoms with Crippen LogP contribution in [0.3, 0.4) is 0 Å². The molecule has 1 amide bonds. The zero-order chi connectivity index (χ0) is 16.0. The lowest BCUT2D eigenvalue weighted by molar-refractivity contribution is -0.117. The Morgan fingerprint density at radius 3 is 2.68 bits per heavy atom. The van der Waals surface area contributed by atoms with E-state index in [4.69, 9.17) is 0 Å². The van der Waals surface area contributed by atoms with Crippen LogP contribution in [0.5, 0.6) is 0 Å². The molecule has 0 saturated carbocycles. The van der Waals surface area contributed by atoms with Gasteiger partial charge in [-0.3, -0.25) is 4.79 Å². The summed E-state index contributed by atoms with van der Waals surface area (Å²) in [4.78, 5) is 13.9. The third-order valence-corrected chi connectivity index (χ3v) is 5.07. The molecule has 0 radical (unpaired) electrons. The van der Waals surface area contributed by atoms with Crippen LogP contribution in [0.1, 0.15) is 17.4 Å². The molecule has 1 aromatic heterocycles. The number of aliphatic hydroxyl groups is 1. The van der Waals surface area contributed by atoms with Crippen molar-refractivity contribution in [3.05, 3.63) is 58.3 Å². The highest BCUT2D eigenvalue weighted by atomic mass is 32.2. The summed E-state index contributed by atoms with van der Waals surface area (Å²) in [5, 5.41) is 15.0. The molecular weight excluding hydrogens is 314 g/mol. The first-order valence-corrected chi connectivity index (χ1v) is 8.98. The minimum Gasteiger partial charge on any atom is -0.383 e. The first-order chi connectivity index (χ1) is 10.5. The Labute approximate surface area is 139 Å². The topological polar surface area (TPSA) is 49.3 Å². The molecule has 2 rings (SSSR count). The van der Waals surface area contributed by atoms with Gasteiger partial charge < -0.3 is 10.4 Å². The second-order valence-corrected chi connectivity index (χ2v) is 6.90. The average Bonchev–Trinajstić information content (AvgIpc) is 3.07. The van der Waals surface area contributed by atoms with Crippen LogP contribution in [0.25, 0.3) is 6.08 Å². The van der Waals surface area contributed by atoms with Gasteiger partial charge in [-0.2, -0.15) is 0 Å². The van der Waals surface area contributed by atoms with Gasteiger partial charge in [0.15, 0.2) is 0 Å². The Morgan fingerprint density at radius 1 is 1.36 bits per heavy atom. The van der Waals surface area contributed by atoms with Crippen molar-refractivity contribution in [2.75, 3.05) is 12.8 Å². The summed E-state index contributed by atoms with van der Waals surface area (Å²) in [6, 6.07) is 11.7. The quantitative estimate of drug-likeness (QED) is 0.628. The molecule has 0 aliphatic carbocycles. The van der Waals surface area contributed by atoms with Gasteiger partial charge in [-0.25, -0.2) is 0 Å². The van der Waals surface area contributed by atoms with E-state index in [1.54, 1.807) is 24.8 Å². The van der Waals surface area contributed by atoms with Gasteiger partial charge in [0.05, 0.1) is 6.54 Å². The molecule has 0 fully saturated rings. The first-order valence-electron chi connectivity index (χ1n) is 6.87. The van der Waals surface area contributed by atoms with Crippen molar-refractivity contribution in [3.63, 3.8) is 0 Å². The second kappa shape index (κ2) is 7.63. The number of benzene rings is 1. The largest absolute Gasteiger partial charge is 0.383 e. The van der Waals surface area contributed by atoms with Crippen LogP contribution in [0, 0.1) is 0 Å². The van der Waals surface area contributed by atoms with Crippen LogP contribution in [0.4, 0.5) is 0 Å². The predicted octanol–water partition coefficient (Wildman–Crippen LogP) is 3.51. The lowest BCUT2D eigenvalue weighted by Crippen LogP contribution is -2.37. The van der Waals surface area contributed by atoms with E-state index in [1.165, 1.54) is 22.3 Å². The fourth-order valence-corrected chi connectivity index (χ4v) is 3.07. The Balaban J connectivity index is 1.88. The lowest BCUT2D eigenvalue weighted by atomic mass is 10.1. The van der Waals surface area contributed by atoms with E-state index in [0.717, 1.165) is 10.4 Å². The van der Waals surface area contributed by atoms with Gasteiger partial charge in [-0.1, -0.05) is 18.2 Å². The zero-order valence-corrected chi connectivity index (χ0v) is 14.2. The number of thioether (sulfide) groups is 1. The van der Waals surface area contributed by atoms with Crippen LogP contribution < -0.4 is 5.32 Å². The highest BCUT2D eigenvalue weighted by Crippen LogP contribution is 2.24. The number of hydrogen-bond acceptors (Lipinski definition) is 4. The molecule has 0 spiro atoms. The smallest absolute Gasteiger partial charge is 0.244 e. The standard InChI is InChI=1S/C17H19NO2S2/c1-17(20,15-4-3-11-22-15)12-18-16(19)10-7-13-5-8-14(21-2)9-6-13/h3-11,20H,12H2,1-2H3,(H,18,19)/b10-7+/t17-/m1/s1. The van der Waals surface area contributed by atoms with Gasteiger partial charge in [0.1, 0.15) is 5.60 Å². The van der Waals surface area contributed by atoms with Crippen molar-refractivity contribution in [1.29, 1.82) is 0 Å². The Kier molecular flexibility index (Phi) is 5.83. The second-order valence-electron chi connectivity index (χ2n) is 5.08. The molecule has 0 aliphatic rings. The molecule has 1 aromatic carbocycles. The van der Waals surface area contributed by atoms with Crippen molar-refractivity contribution in [1.82, 2.24) is 5.32 Å². The molecule has 5 heteroatoms. The molecule has 2 N–H and O–H groups in total. The van der Waals surface area contributed by atoms with Crippen molar-refractivity contribution < 1.29 is 9.90 Å². The molecule has 2 aromatic rings. The van der Waals surface area contributed by atoms with Gasteiger partial charge in [0.2, 0.25) is 5.91 Å². The molecular formula is C17H19NO2S2. The minimum atomic E-state index is -1.04. The average molecular weight is 333 g/mol. The number of carbonyl (C=O) groups is 1. The van der Waals surface area contributed by atoms with Crippen molar-refractivity contribution in [2.45, 2.75) is 17.4 Å². The number of carbonyl (C=O) groups excluding carboxylic acids is 1. The summed E-state index contributed by atoms with van der Waals surface area (Å²) in [6.45, 7) is 1.88. The van der Waals surface area contributed by atoms with E-state index in [1.807, 2.05) is 48.0 Å². The fourth-order valence-electron chi connectivity index (χ4n) is 1.88. The SMILES string of the molecule is CSc1ccc(/C=C/C(=O)NC[C@@](C)(O)c2cccs2)cc1. The number of nitrogens with one attached hydrogen (secondary N) is 1. The predicted molar refractivity (Wildman–Crippen MR) is 94.2 cm³/mol. The molecule has 0 bridgehead atoms. The third-order valence-electron chi connectivity index (χ3n) is 3.20. The molecule has 116 valence electrons. The number of rotatable bonds is 6. The van der Waals surface area contributed by atoms with Crippen LogP contribution in [0.15, 0.2) is 52.7 Å². The fraction of sp³-hybridized carbons (Fsp3) is 0.235. The monoisotopic (exact) mass is 333 g/mol. The van der Waals surface area contributed by atoms with Crippen molar-refractivity contribution in [2.24, 2.45) is 0 Å². The minimum absolute atomic E-state index is 0.183. The van der Waals surface area contributed by atoms with E-state index in [-0.39, 0.29) is 12.5 Å². The summed E-state index contributed by atoms with van der Waals surface area (Å²) in [5.41, 5.74) is -0.0736. The Hall–Kier alpha value is -1.56. The van der Waals surface area contributed by atoms with E-state index in [0.29, 0.717) is 0 Å². The normalized spacial score (nSPS) is 14.0. The van der Waals surface area contributed by atoms with Crippen LogP contribution in [-0.4, -0.2) is 23.8 Å². The highest BCUT2D eigenvalue weighted by molar-refractivity contribution is 7.98. The van der Waals surface area contributed by atoms with E-state index in [9.17, 15) is 9.90 Å². The molecule has 0 aliphatic heterocycles. The van der Waals surface area contributed by atoms with Crippen LogP contribution in [0.2, 0.25) is 0 Å². The maximum atomic E-state index is 11.8. The van der Waals surface area contributed by atoms with E-state index >= 15 is 0 Å². The van der Waals surface area contributed by atoms with Crippen molar-refractivity contribution >= 4 is 35.1 Å². The summed E-state index contributed by atoms with van der Waals surface area (Å²) in [5.74, 6) is -0.217. The van der Waals surface area contributed by atoms with Gasteiger partial charge in [-0.15, -0.1) is 23.1 Å². The molecule has 1 atom stereocenters. The van der Waals surface area contributed by atoms with Gasteiger partial charge in [0.25, 0.3) is 0 Å². The first kappa shape index (κ1) is 16.8. The van der Waals surface area contributed by atoms with Crippen molar-refractivity contribution in [3.8, 4) is 0 Å². The zero-order valence-electron chi connectivity index (χ0n) is 12.6. The van der Waals surface area contributed by atoms with Gasteiger partial charge in [0, 0.05) is 15.8 Å². The number of thiophene rings is 1. The number of hydrogen-bond donors (Lipinski definition) is 2. The highest BCUT2D eigenvalue weighted by Gasteiger charge is 2.24.